The van der Waals surface area contributed by atoms with Crippen molar-refractivity contribution in [1.29, 1.82) is 0 Å². The fourth-order valence-electron chi connectivity index (χ4n) is 4.73. The van der Waals surface area contributed by atoms with Crippen molar-refractivity contribution in [3.63, 3.8) is 0 Å². The molecule has 1 amide bonds. The van der Waals surface area contributed by atoms with Crippen molar-refractivity contribution in [3.8, 4) is 0 Å². The van der Waals surface area contributed by atoms with Gasteiger partial charge in [0.15, 0.2) is 0 Å². The molecule has 0 aliphatic carbocycles. The summed E-state index contributed by atoms with van der Waals surface area (Å²) in [5.74, 6) is -0.133. The molecule has 34 heavy (non-hydrogen) atoms. The number of sulfonamides is 1. The van der Waals surface area contributed by atoms with E-state index in [0.717, 1.165) is 19.3 Å². The van der Waals surface area contributed by atoms with Gasteiger partial charge in [-0.3, -0.25) is 14.2 Å². The van der Waals surface area contributed by atoms with Crippen LogP contribution in [0.2, 0.25) is 0 Å². The van der Waals surface area contributed by atoms with E-state index >= 15 is 0 Å². The lowest BCUT2D eigenvalue weighted by Crippen LogP contribution is -2.38. The summed E-state index contributed by atoms with van der Waals surface area (Å²) in [6, 6.07) is 17.9. The molecule has 1 saturated heterocycles. The van der Waals surface area contributed by atoms with Gasteiger partial charge >= 0.3 is 0 Å². The first-order valence-electron chi connectivity index (χ1n) is 11.6. The quantitative estimate of drug-likeness (QED) is 0.566. The molecule has 8 heteroatoms. The smallest absolute Gasteiger partial charge is 0.251 e. The first-order chi connectivity index (χ1) is 16.4. The van der Waals surface area contributed by atoms with Gasteiger partial charge in [-0.1, -0.05) is 36.4 Å². The van der Waals surface area contributed by atoms with Gasteiger partial charge in [0.25, 0.3) is 5.56 Å². The van der Waals surface area contributed by atoms with Crippen molar-refractivity contribution >= 4 is 32.4 Å². The van der Waals surface area contributed by atoms with Crippen LogP contribution >= 0.6 is 0 Å². The summed E-state index contributed by atoms with van der Waals surface area (Å²) in [6.07, 6.45) is 4.57. The van der Waals surface area contributed by atoms with Crippen molar-refractivity contribution in [3.05, 3.63) is 82.7 Å². The lowest BCUT2D eigenvalue weighted by Gasteiger charge is -2.27. The highest BCUT2D eigenvalue weighted by Crippen LogP contribution is 2.25. The minimum atomic E-state index is -3.56. The zero-order valence-corrected chi connectivity index (χ0v) is 19.7. The van der Waals surface area contributed by atoms with E-state index in [9.17, 15) is 18.0 Å². The van der Waals surface area contributed by atoms with Crippen LogP contribution in [0.1, 0.15) is 24.8 Å². The maximum absolute atomic E-state index is 13.0. The highest BCUT2D eigenvalue weighted by Gasteiger charge is 2.27. The Morgan fingerprint density at radius 1 is 0.912 bits per heavy atom. The van der Waals surface area contributed by atoms with Crippen LogP contribution in [0.25, 0.3) is 16.5 Å². The Morgan fingerprint density at radius 3 is 2.38 bits per heavy atom. The first kappa shape index (κ1) is 22.6. The number of nitrogens with zero attached hydrogens (tertiary/aromatic N) is 3. The molecular formula is C26H27N3O4S. The van der Waals surface area contributed by atoms with Crippen molar-refractivity contribution in [2.24, 2.45) is 0 Å². The molecule has 7 nitrogen and oxygen atoms in total. The largest absolute Gasteiger partial charge is 0.337 e. The van der Waals surface area contributed by atoms with E-state index < -0.39 is 10.0 Å². The van der Waals surface area contributed by atoms with Crippen molar-refractivity contribution < 1.29 is 13.2 Å². The van der Waals surface area contributed by atoms with E-state index in [1.807, 2.05) is 18.2 Å². The molecule has 2 aliphatic heterocycles. The molecule has 2 aromatic carbocycles. The molecule has 0 unspecified atom stereocenters. The molecule has 2 aliphatic rings. The zero-order valence-electron chi connectivity index (χ0n) is 18.9. The Morgan fingerprint density at radius 2 is 1.68 bits per heavy atom. The minimum absolute atomic E-state index is 0.0805. The topological polar surface area (TPSA) is 79.7 Å². The van der Waals surface area contributed by atoms with Crippen LogP contribution in [0.3, 0.4) is 0 Å². The SMILES string of the molecule is O=C(Cn1c(=O)ccc2cc(S(=O)(=O)N3CCCC3)ccc21)N1CC=C(c2ccccc2)CC1. The van der Waals surface area contributed by atoms with Crippen LogP contribution in [-0.4, -0.2) is 54.3 Å². The van der Waals surface area contributed by atoms with Crippen LogP contribution < -0.4 is 5.56 Å². The van der Waals surface area contributed by atoms with Crippen LogP contribution in [0.15, 0.2) is 76.4 Å². The van der Waals surface area contributed by atoms with E-state index in [2.05, 4.69) is 18.2 Å². The molecule has 0 atom stereocenters. The summed E-state index contributed by atoms with van der Waals surface area (Å²) in [6.45, 7) is 2.08. The standard InChI is InChI=1S/C26H27N3O4S/c30-25-11-8-22-18-23(34(32,33)28-14-4-5-15-28)9-10-24(22)29(25)19-26(31)27-16-12-21(13-17-27)20-6-2-1-3-7-20/h1-3,6-12,18H,4-5,13-17,19H2. The number of carbonyl (C=O) groups is 1. The number of hydrogen-bond acceptors (Lipinski definition) is 4. The van der Waals surface area contributed by atoms with E-state index in [1.165, 1.54) is 32.1 Å². The molecule has 0 saturated carbocycles. The average molecular weight is 478 g/mol. The number of benzene rings is 2. The maximum Gasteiger partial charge on any atom is 0.251 e. The molecule has 0 radical (unpaired) electrons. The molecule has 3 heterocycles. The van der Waals surface area contributed by atoms with E-state index in [-0.39, 0.29) is 22.9 Å². The van der Waals surface area contributed by atoms with E-state index in [4.69, 9.17) is 0 Å². The van der Waals surface area contributed by atoms with Gasteiger partial charge in [0.05, 0.1) is 10.4 Å². The summed E-state index contributed by atoms with van der Waals surface area (Å²) in [5.41, 5.74) is 2.66. The van der Waals surface area contributed by atoms with Crippen LogP contribution in [0, 0.1) is 0 Å². The van der Waals surface area contributed by atoms with Crippen molar-refractivity contribution in [2.75, 3.05) is 26.2 Å². The molecule has 176 valence electrons. The second-order valence-electron chi connectivity index (χ2n) is 8.77. The van der Waals surface area contributed by atoms with Crippen LogP contribution in [-0.2, 0) is 21.4 Å². The number of rotatable bonds is 5. The molecule has 1 fully saturated rings. The van der Waals surface area contributed by atoms with Gasteiger partial charge in [0.1, 0.15) is 6.54 Å². The van der Waals surface area contributed by atoms with Crippen LogP contribution in [0.4, 0.5) is 0 Å². The summed E-state index contributed by atoms with van der Waals surface area (Å²) in [7, 11) is -3.56. The third-order valence-electron chi connectivity index (χ3n) is 6.66. The van der Waals surface area contributed by atoms with Crippen molar-refractivity contribution in [2.45, 2.75) is 30.7 Å². The summed E-state index contributed by atoms with van der Waals surface area (Å²) in [4.78, 5) is 27.6. The molecule has 3 aromatic rings. The van der Waals surface area contributed by atoms with Crippen LogP contribution in [0.5, 0.6) is 0 Å². The molecule has 0 bridgehead atoms. The lowest BCUT2D eigenvalue weighted by atomic mass is 9.99. The Kier molecular flexibility index (Phi) is 6.10. The lowest BCUT2D eigenvalue weighted by molar-refractivity contribution is -0.131. The van der Waals surface area contributed by atoms with E-state index in [0.29, 0.717) is 37.1 Å². The van der Waals surface area contributed by atoms with Gasteiger partial charge in [-0.25, -0.2) is 8.42 Å². The molecule has 0 spiro atoms. The molecule has 1 aromatic heterocycles. The van der Waals surface area contributed by atoms with Gasteiger partial charge in [-0.2, -0.15) is 4.31 Å². The number of pyridine rings is 1. The Bertz CT molecular complexity index is 1420. The Balaban J connectivity index is 1.37. The third-order valence-corrected chi connectivity index (χ3v) is 8.56. The summed E-state index contributed by atoms with van der Waals surface area (Å²) < 4.78 is 28.8. The summed E-state index contributed by atoms with van der Waals surface area (Å²) in [5, 5.41) is 0.623. The second kappa shape index (κ2) is 9.19. The van der Waals surface area contributed by atoms with Gasteiger partial charge in [-0.15, -0.1) is 0 Å². The highest BCUT2D eigenvalue weighted by atomic mass is 32.2. The van der Waals surface area contributed by atoms with Gasteiger partial charge in [-0.05, 0) is 60.1 Å². The fraction of sp³-hybridized carbons (Fsp3) is 0.308. The molecule has 5 rings (SSSR count). The van der Waals surface area contributed by atoms with Crippen molar-refractivity contribution in [1.82, 2.24) is 13.8 Å². The van der Waals surface area contributed by atoms with Gasteiger partial charge < -0.3 is 4.90 Å². The molecule has 0 N–H and O–H groups in total. The first-order valence-corrected chi connectivity index (χ1v) is 13.0. The summed E-state index contributed by atoms with van der Waals surface area (Å²) >= 11 is 0. The number of fused-ring (bicyclic) bond motifs is 1. The highest BCUT2D eigenvalue weighted by molar-refractivity contribution is 7.89. The van der Waals surface area contributed by atoms with Gasteiger partial charge in [0, 0.05) is 32.2 Å². The van der Waals surface area contributed by atoms with E-state index in [1.54, 1.807) is 23.1 Å². The average Bonchev–Trinajstić information content (AvgIpc) is 3.42. The number of carbonyl (C=O) groups excluding carboxylic acids is 1. The monoisotopic (exact) mass is 477 g/mol. The normalized spacial score (nSPS) is 17.2. The Hall–Kier alpha value is -3.23. The maximum atomic E-state index is 13.0. The minimum Gasteiger partial charge on any atom is -0.337 e. The number of amides is 1. The zero-order chi connectivity index (χ0) is 23.7. The van der Waals surface area contributed by atoms with Gasteiger partial charge in [0.2, 0.25) is 15.9 Å². The predicted octanol–water partition coefficient (Wildman–Crippen LogP) is 3.10. The second-order valence-corrected chi connectivity index (χ2v) is 10.7. The third kappa shape index (κ3) is 4.31. The predicted molar refractivity (Wildman–Crippen MR) is 132 cm³/mol. The fourth-order valence-corrected chi connectivity index (χ4v) is 6.28. The molecular weight excluding hydrogens is 450 g/mol. The Labute approximate surface area is 199 Å². The number of hydrogen-bond donors (Lipinski definition) is 0. The number of aromatic nitrogens is 1.